The van der Waals surface area contributed by atoms with E-state index in [1.807, 2.05) is 20.1 Å². The van der Waals surface area contributed by atoms with Crippen molar-refractivity contribution in [3.05, 3.63) is 23.8 Å². The van der Waals surface area contributed by atoms with Crippen LogP contribution in [-0.4, -0.2) is 24.8 Å². The summed E-state index contributed by atoms with van der Waals surface area (Å²) in [4.78, 5) is 25.2. The molecule has 0 aromatic heterocycles. The van der Waals surface area contributed by atoms with Crippen molar-refractivity contribution in [3.8, 4) is 0 Å². The van der Waals surface area contributed by atoms with Crippen LogP contribution in [0.2, 0.25) is 0 Å². The predicted octanol–water partition coefficient (Wildman–Crippen LogP) is 5.15. The Hall–Kier alpha value is -1.22. The summed E-state index contributed by atoms with van der Waals surface area (Å²) in [5.74, 6) is 2.41. The van der Waals surface area contributed by atoms with E-state index in [0.717, 1.165) is 25.7 Å². The molecule has 0 aromatic rings. The molecule has 3 fully saturated rings. The first-order valence-corrected chi connectivity index (χ1v) is 11.1. The van der Waals surface area contributed by atoms with Crippen molar-refractivity contribution in [1.29, 1.82) is 0 Å². The molecule has 0 unspecified atom stereocenters. The third kappa shape index (κ3) is 2.32. The molecule has 0 spiro atoms. The van der Waals surface area contributed by atoms with Crippen LogP contribution in [0.1, 0.15) is 66.7 Å². The van der Waals surface area contributed by atoms with Crippen LogP contribution in [0.4, 0.5) is 0 Å². The van der Waals surface area contributed by atoms with Gasteiger partial charge in [0.1, 0.15) is 5.78 Å². The van der Waals surface area contributed by atoms with E-state index >= 15 is 0 Å². The molecule has 154 valence electrons. The molecule has 0 amide bonds. The third-order valence-electron chi connectivity index (χ3n) is 9.85. The average molecular weight is 385 g/mol. The van der Waals surface area contributed by atoms with Crippen LogP contribution < -0.4 is 0 Å². The Morgan fingerprint density at radius 1 is 1.29 bits per heavy atom. The van der Waals surface area contributed by atoms with Crippen LogP contribution in [0.5, 0.6) is 0 Å². The summed E-state index contributed by atoms with van der Waals surface area (Å²) >= 11 is 0. The number of hydrogen-bond donors (Lipinski definition) is 0. The van der Waals surface area contributed by atoms with Gasteiger partial charge in [-0.2, -0.15) is 0 Å². The van der Waals surface area contributed by atoms with Gasteiger partial charge in [-0.15, -0.1) is 0 Å². The average Bonchev–Trinajstić information content (AvgIpc) is 2.88. The lowest BCUT2D eigenvalue weighted by molar-refractivity contribution is -0.160. The van der Waals surface area contributed by atoms with Crippen LogP contribution in [0, 0.1) is 39.9 Å². The zero-order chi connectivity index (χ0) is 20.5. The van der Waals surface area contributed by atoms with Crippen LogP contribution >= 0.6 is 0 Å². The molecule has 3 nitrogen and oxygen atoms in total. The van der Waals surface area contributed by atoms with Gasteiger partial charge in [-0.25, -0.2) is 0 Å². The molecule has 3 heteroatoms. The minimum atomic E-state index is -0.274. The summed E-state index contributed by atoms with van der Waals surface area (Å²) in [5.41, 5.74) is 0.886. The highest BCUT2D eigenvalue weighted by molar-refractivity contribution is 6.01. The number of fused-ring (bicyclic) bond motifs is 5. The molecular formula is C25H36O3. The summed E-state index contributed by atoms with van der Waals surface area (Å²) in [5, 5.41) is 0. The van der Waals surface area contributed by atoms with E-state index in [4.69, 9.17) is 4.74 Å². The van der Waals surface area contributed by atoms with Crippen molar-refractivity contribution >= 4 is 11.6 Å². The van der Waals surface area contributed by atoms with Gasteiger partial charge in [0.05, 0.1) is 6.10 Å². The quantitative estimate of drug-likeness (QED) is 0.676. The van der Waals surface area contributed by atoms with Gasteiger partial charge < -0.3 is 4.74 Å². The highest BCUT2D eigenvalue weighted by atomic mass is 16.5. The van der Waals surface area contributed by atoms with Gasteiger partial charge in [0.25, 0.3) is 0 Å². The van der Waals surface area contributed by atoms with Crippen molar-refractivity contribution < 1.29 is 14.3 Å². The second-order valence-corrected chi connectivity index (χ2v) is 10.5. The smallest absolute Gasteiger partial charge is 0.178 e. The molecule has 0 saturated heterocycles. The topological polar surface area (TPSA) is 43.4 Å². The minimum absolute atomic E-state index is 0.0207. The molecule has 28 heavy (non-hydrogen) atoms. The normalized spacial score (nSPS) is 49.9. The van der Waals surface area contributed by atoms with Gasteiger partial charge in [-0.3, -0.25) is 9.59 Å². The number of ketones is 2. The highest BCUT2D eigenvalue weighted by Gasteiger charge is 2.68. The molecule has 0 N–H and O–H groups in total. The van der Waals surface area contributed by atoms with Crippen molar-refractivity contribution in [2.75, 3.05) is 7.11 Å². The van der Waals surface area contributed by atoms with Crippen molar-refractivity contribution in [1.82, 2.24) is 0 Å². The highest BCUT2D eigenvalue weighted by Crippen LogP contribution is 2.71. The lowest BCUT2D eigenvalue weighted by atomic mass is 9.44. The summed E-state index contributed by atoms with van der Waals surface area (Å²) in [6.07, 6.45) is 10.7. The van der Waals surface area contributed by atoms with Crippen LogP contribution in [-0.2, 0) is 14.3 Å². The van der Waals surface area contributed by atoms with Gasteiger partial charge in [0.15, 0.2) is 5.78 Å². The molecular weight excluding hydrogens is 348 g/mol. The van der Waals surface area contributed by atoms with Gasteiger partial charge in [-0.05, 0) is 61.0 Å². The maximum absolute atomic E-state index is 13.2. The Bertz CT molecular complexity index is 764. The first kappa shape index (κ1) is 20.1. The number of ether oxygens (including phenoxy) is 1. The van der Waals surface area contributed by atoms with Crippen LogP contribution in [0.3, 0.4) is 0 Å². The third-order valence-corrected chi connectivity index (χ3v) is 9.85. The fourth-order valence-corrected chi connectivity index (χ4v) is 8.03. The zero-order valence-electron chi connectivity index (χ0n) is 18.4. The number of carbonyl (C=O) groups is 2. The molecule has 4 aliphatic rings. The second-order valence-electron chi connectivity index (χ2n) is 10.5. The van der Waals surface area contributed by atoms with Gasteiger partial charge in [-0.1, -0.05) is 46.3 Å². The maximum atomic E-state index is 13.2. The molecule has 4 aliphatic carbocycles. The number of hydrogen-bond acceptors (Lipinski definition) is 3. The van der Waals surface area contributed by atoms with Crippen molar-refractivity contribution in [2.24, 2.45) is 39.9 Å². The predicted molar refractivity (Wildman–Crippen MR) is 111 cm³/mol. The monoisotopic (exact) mass is 384 g/mol. The first-order chi connectivity index (χ1) is 13.1. The Morgan fingerprint density at radius 2 is 2.00 bits per heavy atom. The minimum Gasteiger partial charge on any atom is -0.381 e. The first-order valence-electron chi connectivity index (χ1n) is 11.1. The van der Waals surface area contributed by atoms with E-state index < -0.39 is 0 Å². The van der Waals surface area contributed by atoms with Gasteiger partial charge in [0.2, 0.25) is 0 Å². The molecule has 0 heterocycles. The summed E-state index contributed by atoms with van der Waals surface area (Å²) < 4.78 is 6.16. The maximum Gasteiger partial charge on any atom is 0.178 e. The zero-order valence-corrected chi connectivity index (χ0v) is 18.4. The molecule has 0 aromatic carbocycles. The van der Waals surface area contributed by atoms with Gasteiger partial charge >= 0.3 is 0 Å². The number of rotatable bonds is 3. The Balaban J connectivity index is 1.80. The second kappa shape index (κ2) is 6.39. The van der Waals surface area contributed by atoms with Crippen molar-refractivity contribution in [3.63, 3.8) is 0 Å². The Morgan fingerprint density at radius 3 is 2.64 bits per heavy atom. The van der Waals surface area contributed by atoms with E-state index in [2.05, 4.69) is 33.8 Å². The number of methoxy groups -OCH3 is 1. The van der Waals surface area contributed by atoms with Crippen molar-refractivity contribution in [2.45, 2.75) is 72.8 Å². The Labute approximate surface area is 170 Å². The number of carbonyl (C=O) groups excluding carboxylic acids is 2. The molecule has 0 bridgehead atoms. The Kier molecular flexibility index (Phi) is 4.58. The number of Topliss-reactive ketones (excluding diaryl/α,β-unsaturated/α-hetero) is 1. The lowest BCUT2D eigenvalue weighted by Gasteiger charge is -2.61. The lowest BCUT2D eigenvalue weighted by Crippen LogP contribution is -2.59. The van der Waals surface area contributed by atoms with Gasteiger partial charge in [0, 0.05) is 30.3 Å². The molecule has 8 atom stereocenters. The number of allylic oxidation sites excluding steroid dienone is 4. The van der Waals surface area contributed by atoms with E-state index in [9.17, 15) is 9.59 Å². The van der Waals surface area contributed by atoms with E-state index in [1.165, 1.54) is 5.57 Å². The van der Waals surface area contributed by atoms with E-state index in [0.29, 0.717) is 35.9 Å². The van der Waals surface area contributed by atoms with E-state index in [-0.39, 0.29) is 28.1 Å². The molecule has 3 saturated carbocycles. The summed E-state index contributed by atoms with van der Waals surface area (Å²) in [6, 6.07) is 0. The fraction of sp³-hybridized carbons (Fsp3) is 0.760. The molecule has 0 aliphatic heterocycles. The molecule has 0 radical (unpaired) electrons. The van der Waals surface area contributed by atoms with Crippen LogP contribution in [0.15, 0.2) is 23.8 Å². The van der Waals surface area contributed by atoms with E-state index in [1.54, 1.807) is 6.08 Å². The largest absolute Gasteiger partial charge is 0.381 e. The fourth-order valence-electron chi connectivity index (χ4n) is 8.03. The summed E-state index contributed by atoms with van der Waals surface area (Å²) in [7, 11) is 1.84. The van der Waals surface area contributed by atoms with Crippen LogP contribution in [0.25, 0.3) is 0 Å². The molecule has 4 rings (SSSR count). The summed E-state index contributed by atoms with van der Waals surface area (Å²) in [6.45, 7) is 11.2. The SMILES string of the molecule is CCC(=O)[C@@]1(C)[C@H](C)C[C@H]2[C@@H]3CCC4=CC(=O)C=C[C@]4(C)[C@H]3[C@@H](OC)C[C@@]21C. The standard InChI is InChI=1S/C25H36O3/c1-7-21(27)25(5)15(2)12-19-18-9-8-16-13-17(26)10-11-23(16,3)22(18)20(28-6)14-24(19,25)4/h10-11,13,15,18-20,22H,7-9,12,14H2,1-6H3/t15-,18+,19+,20+,22-,23+,24+,25-/m1/s1.